The van der Waals surface area contributed by atoms with E-state index in [1.54, 1.807) is 24.8 Å². The summed E-state index contributed by atoms with van der Waals surface area (Å²) in [5, 5.41) is 8.53. The van der Waals surface area contributed by atoms with Gasteiger partial charge >= 0.3 is 6.18 Å². The van der Waals surface area contributed by atoms with E-state index in [1.165, 1.54) is 23.5 Å². The van der Waals surface area contributed by atoms with E-state index >= 15 is 0 Å². The number of aromatic nitrogens is 5. The van der Waals surface area contributed by atoms with Gasteiger partial charge in [-0.3, -0.25) is 4.98 Å². The van der Waals surface area contributed by atoms with Crippen LogP contribution in [-0.4, -0.2) is 44.3 Å². The fraction of sp³-hybridized carbons (Fsp3) is 0.421. The van der Waals surface area contributed by atoms with Crippen LogP contribution in [0.2, 0.25) is 0 Å². The topological polar surface area (TPSA) is 76.9 Å². The summed E-state index contributed by atoms with van der Waals surface area (Å²) < 4.78 is 45.3. The van der Waals surface area contributed by atoms with Crippen LogP contribution in [0.15, 0.2) is 36.2 Å². The van der Waals surface area contributed by atoms with Crippen LogP contribution >= 0.6 is 11.3 Å². The first-order valence-electron chi connectivity index (χ1n) is 9.44. The van der Waals surface area contributed by atoms with Crippen LogP contribution in [0, 0.1) is 5.92 Å². The van der Waals surface area contributed by atoms with Crippen molar-refractivity contribution in [2.75, 3.05) is 18.0 Å². The smallest absolute Gasteiger partial charge is 0.437 e. The molecule has 0 saturated carbocycles. The largest absolute Gasteiger partial charge is 0.488 e. The van der Waals surface area contributed by atoms with Crippen LogP contribution in [0.25, 0.3) is 10.7 Å². The molecule has 1 saturated heterocycles. The van der Waals surface area contributed by atoms with Gasteiger partial charge in [0.15, 0.2) is 16.5 Å². The van der Waals surface area contributed by atoms with Gasteiger partial charge in [-0.15, -0.1) is 10.2 Å². The predicted molar refractivity (Wildman–Crippen MR) is 105 cm³/mol. The summed E-state index contributed by atoms with van der Waals surface area (Å²) >= 11 is 1.38. The molecule has 4 heterocycles. The molecule has 2 atom stereocenters. The number of pyridine rings is 1. The summed E-state index contributed by atoms with van der Waals surface area (Å²) in [6, 6.07) is 2.75. The first-order chi connectivity index (χ1) is 14.4. The molecule has 4 rings (SSSR count). The summed E-state index contributed by atoms with van der Waals surface area (Å²) in [6.45, 7) is 3.19. The van der Waals surface area contributed by atoms with Gasteiger partial charge in [-0.25, -0.2) is 9.97 Å². The Morgan fingerprint density at radius 3 is 2.93 bits per heavy atom. The molecule has 30 heavy (non-hydrogen) atoms. The fourth-order valence-electron chi connectivity index (χ4n) is 3.49. The highest BCUT2D eigenvalue weighted by Gasteiger charge is 2.37. The highest BCUT2D eigenvalue weighted by molar-refractivity contribution is 7.12. The Balaban J connectivity index is 1.48. The third-order valence-electron chi connectivity index (χ3n) is 5.00. The van der Waals surface area contributed by atoms with Crippen molar-refractivity contribution < 1.29 is 17.9 Å². The molecule has 0 bridgehead atoms. The summed E-state index contributed by atoms with van der Waals surface area (Å²) in [7, 11) is 0. The zero-order valence-corrected chi connectivity index (χ0v) is 16.9. The van der Waals surface area contributed by atoms with Gasteiger partial charge in [0.1, 0.15) is 23.1 Å². The molecule has 0 N–H and O–H groups in total. The van der Waals surface area contributed by atoms with E-state index in [9.17, 15) is 13.2 Å². The maximum Gasteiger partial charge on any atom is 0.437 e. The minimum Gasteiger partial charge on any atom is -0.488 e. The summed E-state index contributed by atoms with van der Waals surface area (Å²) in [5.74, 6) is 0.497. The van der Waals surface area contributed by atoms with E-state index in [0.717, 1.165) is 25.6 Å². The molecular formula is C19H19F3N6OS. The molecule has 0 amide bonds. The molecule has 0 unspecified atom stereocenters. The molecule has 1 aliphatic rings. The molecule has 3 aromatic heterocycles. The van der Waals surface area contributed by atoms with Crippen LogP contribution in [0.5, 0.6) is 5.75 Å². The number of rotatable bonds is 5. The Labute approximate surface area is 175 Å². The number of ether oxygens (including phenoxy) is 1. The maximum absolute atomic E-state index is 13.2. The van der Waals surface area contributed by atoms with Crippen LogP contribution in [0.3, 0.4) is 0 Å². The van der Waals surface area contributed by atoms with E-state index in [4.69, 9.17) is 4.74 Å². The molecule has 0 aliphatic carbocycles. The molecule has 0 aromatic carbocycles. The predicted octanol–water partition coefficient (Wildman–Crippen LogP) is 4.09. The molecular weight excluding hydrogens is 417 g/mol. The van der Waals surface area contributed by atoms with Crippen molar-refractivity contribution in [2.45, 2.75) is 32.0 Å². The number of hydrogen-bond acceptors (Lipinski definition) is 8. The first kappa shape index (κ1) is 20.5. The Kier molecular flexibility index (Phi) is 5.80. The Morgan fingerprint density at radius 2 is 2.17 bits per heavy atom. The molecule has 3 aromatic rings. The van der Waals surface area contributed by atoms with Crippen molar-refractivity contribution >= 4 is 17.2 Å². The van der Waals surface area contributed by atoms with Crippen molar-refractivity contribution in [3.63, 3.8) is 0 Å². The van der Waals surface area contributed by atoms with E-state index < -0.39 is 18.0 Å². The minimum atomic E-state index is -4.56. The molecule has 7 nitrogen and oxygen atoms in total. The SMILES string of the molecule is C[C@H](Oc1cccnc1C(F)(F)F)[C@H]1CCCN(c2cncc(-c3nncs3)n2)C1. The maximum atomic E-state index is 13.2. The zero-order chi connectivity index (χ0) is 21.1. The van der Waals surface area contributed by atoms with E-state index in [2.05, 4.69) is 30.0 Å². The average Bonchev–Trinajstić information content (AvgIpc) is 3.29. The Hall–Kier alpha value is -2.82. The number of anilines is 1. The zero-order valence-electron chi connectivity index (χ0n) is 16.1. The molecule has 1 fully saturated rings. The summed E-state index contributed by atoms with van der Waals surface area (Å²) in [6.07, 6.45) is 1.18. The van der Waals surface area contributed by atoms with Crippen molar-refractivity contribution in [2.24, 2.45) is 5.92 Å². The molecule has 1 aliphatic heterocycles. The van der Waals surface area contributed by atoms with E-state index in [0.29, 0.717) is 23.1 Å². The third-order valence-corrected chi connectivity index (χ3v) is 5.71. The first-order valence-corrected chi connectivity index (χ1v) is 10.3. The fourth-order valence-corrected chi connectivity index (χ4v) is 4.00. The highest BCUT2D eigenvalue weighted by atomic mass is 32.1. The summed E-state index contributed by atoms with van der Waals surface area (Å²) in [5.41, 5.74) is 1.28. The van der Waals surface area contributed by atoms with Gasteiger partial charge in [-0.05, 0) is 31.9 Å². The second kappa shape index (κ2) is 8.50. The Morgan fingerprint density at radius 1 is 1.30 bits per heavy atom. The van der Waals surface area contributed by atoms with Gasteiger partial charge in [0, 0.05) is 25.2 Å². The second-order valence-electron chi connectivity index (χ2n) is 7.03. The lowest BCUT2D eigenvalue weighted by Gasteiger charge is -2.36. The molecule has 11 heteroatoms. The molecule has 0 spiro atoms. The molecule has 0 radical (unpaired) electrons. The van der Waals surface area contributed by atoms with Gasteiger partial charge in [-0.1, -0.05) is 11.3 Å². The van der Waals surface area contributed by atoms with Crippen molar-refractivity contribution in [1.82, 2.24) is 25.1 Å². The number of alkyl halides is 3. The van der Waals surface area contributed by atoms with Crippen LogP contribution < -0.4 is 9.64 Å². The lowest BCUT2D eigenvalue weighted by Crippen LogP contribution is -2.42. The van der Waals surface area contributed by atoms with E-state index in [1.807, 2.05) is 0 Å². The lowest BCUT2D eigenvalue weighted by molar-refractivity contribution is -0.143. The quantitative estimate of drug-likeness (QED) is 0.596. The normalized spacial score (nSPS) is 18.3. The number of piperidine rings is 1. The van der Waals surface area contributed by atoms with Gasteiger partial charge in [0.25, 0.3) is 0 Å². The second-order valence-corrected chi connectivity index (χ2v) is 7.86. The van der Waals surface area contributed by atoms with Gasteiger partial charge in [0.05, 0.1) is 12.4 Å². The number of halogens is 3. The highest BCUT2D eigenvalue weighted by Crippen LogP contribution is 2.36. The van der Waals surface area contributed by atoms with Gasteiger partial charge in [-0.2, -0.15) is 13.2 Å². The molecule has 158 valence electrons. The van der Waals surface area contributed by atoms with Gasteiger partial charge in [0.2, 0.25) is 0 Å². The standard InChI is InChI=1S/C19H19F3N6OS/c1-12(29-15-5-2-6-24-17(15)19(20,21)22)13-4-3-7-28(10-13)16-9-23-8-14(26-16)18-27-25-11-30-18/h2,5-6,8-9,11-13H,3-4,7,10H2,1H3/t12-,13-/m0/s1. The van der Waals surface area contributed by atoms with Crippen LogP contribution in [0.4, 0.5) is 19.0 Å². The summed E-state index contributed by atoms with van der Waals surface area (Å²) in [4.78, 5) is 14.4. The number of nitrogens with zero attached hydrogens (tertiary/aromatic N) is 6. The third kappa shape index (κ3) is 4.50. The average molecular weight is 436 g/mol. The van der Waals surface area contributed by atoms with Crippen molar-refractivity contribution in [3.05, 3.63) is 41.9 Å². The van der Waals surface area contributed by atoms with Crippen LogP contribution in [0.1, 0.15) is 25.5 Å². The van der Waals surface area contributed by atoms with Crippen molar-refractivity contribution in [1.29, 1.82) is 0 Å². The monoisotopic (exact) mass is 436 g/mol. The van der Waals surface area contributed by atoms with E-state index in [-0.39, 0.29) is 11.7 Å². The minimum absolute atomic E-state index is 0.0343. The lowest BCUT2D eigenvalue weighted by atomic mass is 9.93. The number of hydrogen-bond donors (Lipinski definition) is 0. The van der Waals surface area contributed by atoms with Crippen LogP contribution in [-0.2, 0) is 6.18 Å². The van der Waals surface area contributed by atoms with Crippen molar-refractivity contribution in [3.8, 4) is 16.5 Å². The van der Waals surface area contributed by atoms with Gasteiger partial charge < -0.3 is 9.64 Å². The Bertz CT molecular complexity index is 984.